The summed E-state index contributed by atoms with van der Waals surface area (Å²) in [5.74, 6) is -3.10. The van der Waals surface area contributed by atoms with Crippen molar-refractivity contribution < 1.29 is 18.3 Å². The van der Waals surface area contributed by atoms with Crippen molar-refractivity contribution in [2.24, 2.45) is 0 Å². The molecule has 0 spiro atoms. The minimum Gasteiger partial charge on any atom is -0.491 e. The Morgan fingerprint density at radius 1 is 1.31 bits per heavy atom. The Morgan fingerprint density at radius 2 is 2.07 bits per heavy atom. The lowest BCUT2D eigenvalue weighted by Gasteiger charge is -2.23. The molecule has 1 N–H and O–H groups in total. The summed E-state index contributed by atoms with van der Waals surface area (Å²) in [5.41, 5.74) is -0.479. The molecule has 1 aliphatic carbocycles. The lowest BCUT2D eigenvalue weighted by molar-refractivity contribution is 0.0939. The predicted octanol–water partition coefficient (Wildman–Crippen LogP) is 2.84. The number of pyridine rings is 1. The first kappa shape index (κ1) is 19.8. The molecule has 0 radical (unpaired) electrons. The van der Waals surface area contributed by atoms with E-state index < -0.39 is 23.0 Å². The molecule has 0 bridgehead atoms. The van der Waals surface area contributed by atoms with Crippen molar-refractivity contribution in [1.29, 1.82) is 0 Å². The number of nitrogens with zero attached hydrogens (tertiary/aromatic N) is 2. The molecule has 2 aliphatic rings. The summed E-state index contributed by atoms with van der Waals surface area (Å²) in [6, 6.07) is 1.15. The van der Waals surface area contributed by atoms with Gasteiger partial charge in [0.25, 0.3) is 5.91 Å². The van der Waals surface area contributed by atoms with Gasteiger partial charge in [0.2, 0.25) is 11.2 Å². The first-order valence-corrected chi connectivity index (χ1v) is 10.1. The standard InChI is InChI=1S/C21H25F2N3O3/c1-3-25-8-4-5-13(25)10-24-21(28)15-11-26(12-6-7-12)18-14(19(15)27)9-16(22)17(23)20(18)29-2/h9,11-13H,3-8,10H2,1-2H3,(H,24,28)/t13-/m1/s1. The second kappa shape index (κ2) is 7.74. The summed E-state index contributed by atoms with van der Waals surface area (Å²) in [6.07, 6.45) is 5.23. The van der Waals surface area contributed by atoms with Crippen molar-refractivity contribution in [3.8, 4) is 5.75 Å². The first-order valence-electron chi connectivity index (χ1n) is 10.1. The van der Waals surface area contributed by atoms with Crippen molar-refractivity contribution in [2.75, 3.05) is 26.7 Å². The number of halogens is 2. The second-order valence-corrected chi connectivity index (χ2v) is 7.75. The van der Waals surface area contributed by atoms with E-state index in [-0.39, 0.29) is 34.3 Å². The summed E-state index contributed by atoms with van der Waals surface area (Å²) in [5, 5.41) is 2.81. The molecule has 29 heavy (non-hydrogen) atoms. The van der Waals surface area contributed by atoms with Gasteiger partial charge < -0.3 is 14.6 Å². The number of fused-ring (bicyclic) bond motifs is 1. The number of carbonyl (C=O) groups is 1. The van der Waals surface area contributed by atoms with E-state index in [2.05, 4.69) is 17.1 Å². The molecular weight excluding hydrogens is 380 g/mol. The zero-order valence-corrected chi connectivity index (χ0v) is 16.6. The highest BCUT2D eigenvalue weighted by Crippen LogP contribution is 2.40. The smallest absolute Gasteiger partial charge is 0.256 e. The average Bonchev–Trinajstić information content (AvgIpc) is 3.45. The number of hydrogen-bond acceptors (Lipinski definition) is 4. The quantitative estimate of drug-likeness (QED) is 0.803. The zero-order valence-electron chi connectivity index (χ0n) is 16.6. The van der Waals surface area contributed by atoms with Gasteiger partial charge in [0.15, 0.2) is 11.6 Å². The molecule has 2 fully saturated rings. The maximum Gasteiger partial charge on any atom is 0.256 e. The second-order valence-electron chi connectivity index (χ2n) is 7.75. The van der Waals surface area contributed by atoms with Gasteiger partial charge in [0.05, 0.1) is 18.0 Å². The SMILES string of the molecule is CCN1CCC[C@@H]1CNC(=O)c1cn(C2CC2)c2c(OC)c(F)c(F)cc2c1=O. The number of ether oxygens (including phenoxy) is 1. The molecule has 1 aliphatic heterocycles. The average molecular weight is 405 g/mol. The highest BCUT2D eigenvalue weighted by atomic mass is 19.2. The molecule has 4 rings (SSSR count). The number of nitrogens with one attached hydrogen (secondary N) is 1. The van der Waals surface area contributed by atoms with Crippen LogP contribution in [-0.4, -0.2) is 48.2 Å². The van der Waals surface area contributed by atoms with Crippen LogP contribution in [0.15, 0.2) is 17.1 Å². The molecule has 6 nitrogen and oxygen atoms in total. The van der Waals surface area contributed by atoms with Crippen molar-refractivity contribution in [3.63, 3.8) is 0 Å². The molecule has 1 saturated heterocycles. The van der Waals surface area contributed by atoms with Crippen LogP contribution in [0, 0.1) is 11.6 Å². The number of rotatable bonds is 6. The van der Waals surface area contributed by atoms with Gasteiger partial charge in [-0.25, -0.2) is 4.39 Å². The van der Waals surface area contributed by atoms with Crippen molar-refractivity contribution >= 4 is 16.8 Å². The third-order valence-electron chi connectivity index (χ3n) is 5.96. The van der Waals surface area contributed by atoms with E-state index in [0.29, 0.717) is 6.54 Å². The van der Waals surface area contributed by atoms with Gasteiger partial charge in [-0.2, -0.15) is 4.39 Å². The fourth-order valence-corrected chi connectivity index (χ4v) is 4.27. The van der Waals surface area contributed by atoms with Crippen LogP contribution < -0.4 is 15.5 Å². The third-order valence-corrected chi connectivity index (χ3v) is 5.96. The van der Waals surface area contributed by atoms with Crippen LogP contribution in [0.1, 0.15) is 49.0 Å². The largest absolute Gasteiger partial charge is 0.491 e. The van der Waals surface area contributed by atoms with Crippen molar-refractivity contribution in [2.45, 2.75) is 44.7 Å². The molecule has 8 heteroatoms. The van der Waals surface area contributed by atoms with Gasteiger partial charge in [0.1, 0.15) is 5.56 Å². The topological polar surface area (TPSA) is 63.6 Å². The Balaban J connectivity index is 1.73. The number of amides is 1. The predicted molar refractivity (Wildman–Crippen MR) is 106 cm³/mol. The molecule has 1 saturated carbocycles. The van der Waals surface area contributed by atoms with Gasteiger partial charge in [-0.15, -0.1) is 0 Å². The minimum atomic E-state index is -1.17. The summed E-state index contributed by atoms with van der Waals surface area (Å²) in [7, 11) is 1.24. The van der Waals surface area contributed by atoms with Crippen LogP contribution in [0.4, 0.5) is 8.78 Å². The number of likely N-dealkylation sites (N-methyl/N-ethyl adjacent to an activating group) is 1. The molecule has 1 aromatic carbocycles. The molecule has 1 atom stereocenters. The highest BCUT2D eigenvalue weighted by molar-refractivity contribution is 5.98. The van der Waals surface area contributed by atoms with Crippen LogP contribution >= 0.6 is 0 Å². The number of likely N-dealkylation sites (tertiary alicyclic amines) is 1. The molecule has 2 aromatic rings. The van der Waals surface area contributed by atoms with E-state index in [1.54, 1.807) is 4.57 Å². The lowest BCUT2D eigenvalue weighted by Crippen LogP contribution is -2.41. The number of hydrogen-bond donors (Lipinski definition) is 1. The lowest BCUT2D eigenvalue weighted by atomic mass is 10.1. The maximum atomic E-state index is 14.3. The molecule has 2 heterocycles. The Labute approximate surface area is 167 Å². The maximum absolute atomic E-state index is 14.3. The third kappa shape index (κ3) is 3.50. The van der Waals surface area contributed by atoms with Gasteiger partial charge in [-0.05, 0) is 44.8 Å². The Bertz CT molecular complexity index is 1020. The van der Waals surface area contributed by atoms with E-state index in [1.165, 1.54) is 13.3 Å². The minimum absolute atomic E-state index is 0.0360. The molecule has 0 unspecified atom stereocenters. The number of aromatic nitrogens is 1. The van der Waals surface area contributed by atoms with Gasteiger partial charge >= 0.3 is 0 Å². The molecular formula is C21H25F2N3O3. The van der Waals surface area contributed by atoms with Crippen LogP contribution in [0.3, 0.4) is 0 Å². The Morgan fingerprint density at radius 3 is 2.72 bits per heavy atom. The molecule has 1 amide bonds. The number of methoxy groups -OCH3 is 1. The normalized spacial score (nSPS) is 19.7. The van der Waals surface area contributed by atoms with Crippen molar-refractivity contribution in [1.82, 2.24) is 14.8 Å². The van der Waals surface area contributed by atoms with E-state index in [9.17, 15) is 18.4 Å². The van der Waals surface area contributed by atoms with Crippen LogP contribution in [0.25, 0.3) is 10.9 Å². The summed E-state index contributed by atoms with van der Waals surface area (Å²) < 4.78 is 35.1. The molecule has 1 aromatic heterocycles. The highest BCUT2D eigenvalue weighted by Gasteiger charge is 2.30. The fraction of sp³-hybridized carbons (Fsp3) is 0.524. The van der Waals surface area contributed by atoms with Gasteiger partial charge in [0, 0.05) is 24.8 Å². The van der Waals surface area contributed by atoms with Crippen LogP contribution in [-0.2, 0) is 0 Å². The number of carbonyl (C=O) groups excluding carboxylic acids is 1. The van der Waals surface area contributed by atoms with Gasteiger partial charge in [-0.1, -0.05) is 6.92 Å². The summed E-state index contributed by atoms with van der Waals surface area (Å²) >= 11 is 0. The monoisotopic (exact) mass is 405 g/mol. The molecule has 156 valence electrons. The van der Waals surface area contributed by atoms with E-state index in [1.807, 2.05) is 0 Å². The zero-order chi connectivity index (χ0) is 20.7. The Hall–Kier alpha value is -2.48. The van der Waals surface area contributed by atoms with E-state index >= 15 is 0 Å². The summed E-state index contributed by atoms with van der Waals surface area (Å²) in [4.78, 5) is 28.1. The Kier molecular flexibility index (Phi) is 5.29. The van der Waals surface area contributed by atoms with Gasteiger partial charge in [-0.3, -0.25) is 14.5 Å². The fourth-order valence-electron chi connectivity index (χ4n) is 4.27. The van der Waals surface area contributed by atoms with Crippen LogP contribution in [0.2, 0.25) is 0 Å². The summed E-state index contributed by atoms with van der Waals surface area (Å²) in [6.45, 7) is 4.45. The van der Waals surface area contributed by atoms with E-state index in [0.717, 1.165) is 44.8 Å². The van der Waals surface area contributed by atoms with Crippen molar-refractivity contribution in [3.05, 3.63) is 39.7 Å². The first-order chi connectivity index (χ1) is 14.0. The number of benzene rings is 1. The van der Waals surface area contributed by atoms with Crippen LogP contribution in [0.5, 0.6) is 5.75 Å². The van der Waals surface area contributed by atoms with E-state index in [4.69, 9.17) is 4.74 Å².